The highest BCUT2D eigenvalue weighted by Gasteiger charge is 2.24. The average Bonchev–Trinajstić information content (AvgIpc) is 3.07. The molecule has 0 saturated heterocycles. The topological polar surface area (TPSA) is 46.5 Å². The van der Waals surface area contributed by atoms with Crippen LogP contribution in [0.5, 0.6) is 5.75 Å². The maximum Gasteiger partial charge on any atom is 0.316 e. The lowest BCUT2D eigenvalue weighted by molar-refractivity contribution is -0.140. The molecule has 2 rings (SSSR count). The maximum absolute atomic E-state index is 12.9. The van der Waals surface area contributed by atoms with Crippen molar-refractivity contribution in [2.24, 2.45) is 17.8 Å². The first-order chi connectivity index (χ1) is 17.5. The minimum absolute atomic E-state index is 0.183. The second kappa shape index (κ2) is 17.3. The second-order valence-corrected chi connectivity index (χ2v) is 10.9. The monoisotopic (exact) mass is 494 g/mol. The van der Waals surface area contributed by atoms with Crippen molar-refractivity contribution in [3.05, 3.63) is 54.6 Å². The molecular weight excluding hydrogens is 444 g/mol. The number of esters is 1. The van der Waals surface area contributed by atoms with Crippen LogP contribution in [0.4, 0.5) is 0 Å². The van der Waals surface area contributed by atoms with Crippen LogP contribution in [0.15, 0.2) is 54.6 Å². The Morgan fingerprint density at radius 1 is 0.861 bits per heavy atom. The van der Waals surface area contributed by atoms with Crippen LogP contribution in [0.3, 0.4) is 0 Å². The lowest BCUT2D eigenvalue weighted by atomic mass is 9.85. The molecule has 3 unspecified atom stereocenters. The summed E-state index contributed by atoms with van der Waals surface area (Å²) in [7, 11) is 0. The van der Waals surface area contributed by atoms with E-state index in [0.717, 1.165) is 24.0 Å². The summed E-state index contributed by atoms with van der Waals surface area (Å²) in [6, 6.07) is 13.6. The van der Waals surface area contributed by atoms with Crippen molar-refractivity contribution in [1.29, 1.82) is 0 Å². The van der Waals surface area contributed by atoms with Gasteiger partial charge in [0.1, 0.15) is 5.75 Å². The predicted molar refractivity (Wildman–Crippen MR) is 152 cm³/mol. The van der Waals surface area contributed by atoms with Crippen LogP contribution in [-0.4, -0.2) is 17.7 Å². The fourth-order valence-electron chi connectivity index (χ4n) is 5.14. The van der Waals surface area contributed by atoms with Crippen molar-refractivity contribution in [2.75, 3.05) is 6.61 Å². The Bertz CT molecular complexity index is 858. The van der Waals surface area contributed by atoms with E-state index in [1.807, 2.05) is 42.5 Å². The van der Waals surface area contributed by atoms with Gasteiger partial charge in [-0.2, -0.15) is 0 Å². The number of carbonyl (C=O) groups is 1. The SMILES string of the molecule is C=C(C)C(CCCCCCCCCCC)CCC(C)CC(CO)C(=O)Oc1ccc2cccccc1-2. The van der Waals surface area contributed by atoms with Crippen LogP contribution >= 0.6 is 0 Å². The summed E-state index contributed by atoms with van der Waals surface area (Å²) in [6.07, 6.45) is 16.2. The molecule has 0 heterocycles. The van der Waals surface area contributed by atoms with Gasteiger partial charge in [0.25, 0.3) is 0 Å². The molecule has 3 atom stereocenters. The summed E-state index contributed by atoms with van der Waals surface area (Å²) in [5.74, 6) is 0.625. The quantitative estimate of drug-likeness (QED) is 0.120. The zero-order chi connectivity index (χ0) is 26.2. The minimum atomic E-state index is -0.497. The zero-order valence-electron chi connectivity index (χ0n) is 23.1. The molecule has 3 heteroatoms. The molecule has 0 aliphatic heterocycles. The third-order valence-corrected chi connectivity index (χ3v) is 7.56. The average molecular weight is 495 g/mol. The Morgan fingerprint density at radius 3 is 2.19 bits per heavy atom. The van der Waals surface area contributed by atoms with Crippen LogP contribution in [0, 0.1) is 17.8 Å². The molecule has 36 heavy (non-hydrogen) atoms. The molecule has 2 aliphatic rings. The Morgan fingerprint density at radius 2 is 1.53 bits per heavy atom. The highest BCUT2D eigenvalue weighted by Crippen LogP contribution is 2.34. The molecule has 1 N–H and O–H groups in total. The minimum Gasteiger partial charge on any atom is -0.426 e. The van der Waals surface area contributed by atoms with Crippen LogP contribution in [0.2, 0.25) is 0 Å². The van der Waals surface area contributed by atoms with Gasteiger partial charge in [0.2, 0.25) is 0 Å². The van der Waals surface area contributed by atoms with E-state index in [9.17, 15) is 9.90 Å². The van der Waals surface area contributed by atoms with E-state index >= 15 is 0 Å². The van der Waals surface area contributed by atoms with Gasteiger partial charge in [-0.3, -0.25) is 4.79 Å². The molecule has 0 aromatic heterocycles. The summed E-state index contributed by atoms with van der Waals surface area (Å²) in [4.78, 5) is 12.9. The van der Waals surface area contributed by atoms with Gasteiger partial charge in [-0.25, -0.2) is 0 Å². The van der Waals surface area contributed by atoms with Gasteiger partial charge in [0.05, 0.1) is 12.5 Å². The molecule has 0 amide bonds. The standard InChI is InChI=1S/C33H50O3/c1-5-6-7-8-9-10-11-12-14-17-28(26(2)3)21-20-27(4)24-30(25-34)33(35)36-32-23-22-29-18-15-13-16-19-31(29)32/h13,15-16,18-19,22-23,27-28,30,34H,2,5-12,14,17,20-21,24-25H2,1,3-4H3. The summed E-state index contributed by atoms with van der Waals surface area (Å²) in [5, 5.41) is 9.93. The maximum atomic E-state index is 12.9. The van der Waals surface area contributed by atoms with Crippen molar-refractivity contribution < 1.29 is 14.6 Å². The van der Waals surface area contributed by atoms with Crippen molar-refractivity contribution in [1.82, 2.24) is 0 Å². The van der Waals surface area contributed by atoms with Gasteiger partial charge < -0.3 is 9.84 Å². The lowest BCUT2D eigenvalue weighted by Crippen LogP contribution is -2.26. The van der Waals surface area contributed by atoms with E-state index in [-0.39, 0.29) is 12.6 Å². The predicted octanol–water partition coefficient (Wildman–Crippen LogP) is 9.22. The van der Waals surface area contributed by atoms with Crippen molar-refractivity contribution >= 4 is 5.97 Å². The largest absolute Gasteiger partial charge is 0.426 e. The van der Waals surface area contributed by atoms with Gasteiger partial charge in [0, 0.05) is 5.56 Å². The van der Waals surface area contributed by atoms with Gasteiger partial charge in [0.15, 0.2) is 0 Å². The molecule has 0 spiro atoms. The van der Waals surface area contributed by atoms with Crippen LogP contribution in [0.25, 0.3) is 11.1 Å². The number of carbonyl (C=O) groups excluding carboxylic acids is 1. The number of allylic oxidation sites excluding steroid dienone is 1. The van der Waals surface area contributed by atoms with Crippen LogP contribution < -0.4 is 4.74 Å². The third-order valence-electron chi connectivity index (χ3n) is 7.56. The highest BCUT2D eigenvalue weighted by molar-refractivity contribution is 5.81. The molecule has 0 aromatic carbocycles. The van der Waals surface area contributed by atoms with E-state index in [0.29, 0.717) is 24.0 Å². The van der Waals surface area contributed by atoms with Gasteiger partial charge >= 0.3 is 5.97 Å². The van der Waals surface area contributed by atoms with Gasteiger partial charge in [-0.1, -0.05) is 127 Å². The molecular formula is C33H50O3. The van der Waals surface area contributed by atoms with E-state index < -0.39 is 5.92 Å². The fourth-order valence-corrected chi connectivity index (χ4v) is 5.14. The van der Waals surface area contributed by atoms with Crippen molar-refractivity contribution in [2.45, 2.75) is 104 Å². The number of rotatable bonds is 19. The van der Waals surface area contributed by atoms with E-state index in [4.69, 9.17) is 4.74 Å². The Kier molecular flexibility index (Phi) is 14.5. The van der Waals surface area contributed by atoms with Gasteiger partial charge in [-0.05, 0) is 49.7 Å². The van der Waals surface area contributed by atoms with E-state index in [1.54, 1.807) is 0 Å². The van der Waals surface area contributed by atoms with E-state index in [1.165, 1.54) is 69.8 Å². The fraction of sp³-hybridized carbons (Fsp3) is 0.606. The van der Waals surface area contributed by atoms with Crippen LogP contribution in [-0.2, 0) is 4.79 Å². The Balaban J connectivity index is 1.72. The zero-order valence-corrected chi connectivity index (χ0v) is 23.1. The first-order valence-electron chi connectivity index (χ1n) is 14.4. The molecule has 0 radical (unpaired) electrons. The summed E-state index contributed by atoms with van der Waals surface area (Å²) >= 11 is 0. The molecule has 0 bridgehead atoms. The number of ether oxygens (including phenoxy) is 1. The first-order valence-corrected chi connectivity index (χ1v) is 14.4. The molecule has 0 aromatic rings. The summed E-state index contributed by atoms with van der Waals surface area (Å²) in [5.41, 5.74) is 3.23. The molecule has 3 nitrogen and oxygen atoms in total. The number of hydrogen-bond acceptors (Lipinski definition) is 3. The summed E-state index contributed by atoms with van der Waals surface area (Å²) in [6.45, 7) is 10.7. The molecule has 0 fully saturated rings. The number of aliphatic hydroxyl groups is 1. The first kappa shape index (κ1) is 30.1. The normalized spacial score (nSPS) is 13.9. The summed E-state index contributed by atoms with van der Waals surface area (Å²) < 4.78 is 5.73. The lowest BCUT2D eigenvalue weighted by Gasteiger charge is -2.22. The number of aliphatic hydroxyl groups excluding tert-OH is 1. The van der Waals surface area contributed by atoms with Crippen LogP contribution in [0.1, 0.15) is 104 Å². The second-order valence-electron chi connectivity index (χ2n) is 10.9. The van der Waals surface area contributed by atoms with Gasteiger partial charge in [-0.15, -0.1) is 0 Å². The smallest absolute Gasteiger partial charge is 0.316 e. The highest BCUT2D eigenvalue weighted by atomic mass is 16.5. The number of hydrogen-bond donors (Lipinski definition) is 1. The Hall–Kier alpha value is -2.13. The molecule has 200 valence electrons. The number of unbranched alkanes of at least 4 members (excludes halogenated alkanes) is 8. The molecule has 2 aliphatic carbocycles. The van der Waals surface area contributed by atoms with E-state index in [2.05, 4.69) is 27.4 Å². The van der Waals surface area contributed by atoms with Crippen molar-refractivity contribution in [3.8, 4) is 16.9 Å². The van der Waals surface area contributed by atoms with Crippen molar-refractivity contribution in [3.63, 3.8) is 0 Å². The number of fused-ring (bicyclic) bond motifs is 1. The third kappa shape index (κ3) is 10.9. The molecule has 0 saturated carbocycles. The Labute approximate surface area is 220 Å².